The molecule has 1 aliphatic carbocycles. The summed E-state index contributed by atoms with van der Waals surface area (Å²) in [6.07, 6.45) is 7.04. The van der Waals surface area contributed by atoms with Gasteiger partial charge in [-0.25, -0.2) is 0 Å². The molecule has 0 aromatic heterocycles. The summed E-state index contributed by atoms with van der Waals surface area (Å²) in [6.45, 7) is 4.86. The summed E-state index contributed by atoms with van der Waals surface area (Å²) in [5.41, 5.74) is 2.46. The highest BCUT2D eigenvalue weighted by Crippen LogP contribution is 2.19. The second-order valence-corrected chi connectivity index (χ2v) is 8.44. The van der Waals surface area contributed by atoms with Crippen LogP contribution in [0.1, 0.15) is 63.5 Å². The van der Waals surface area contributed by atoms with Crippen LogP contribution in [0.3, 0.4) is 0 Å². The third kappa shape index (κ3) is 5.55. The van der Waals surface area contributed by atoms with E-state index in [4.69, 9.17) is 0 Å². The van der Waals surface area contributed by atoms with Gasteiger partial charge in [-0.1, -0.05) is 57.4 Å². The van der Waals surface area contributed by atoms with Crippen LogP contribution in [0.2, 0.25) is 0 Å². The number of amides is 2. The molecular formula is C22H33N3O2. The van der Waals surface area contributed by atoms with Gasteiger partial charge in [-0.05, 0) is 42.7 Å². The van der Waals surface area contributed by atoms with Gasteiger partial charge >= 0.3 is 0 Å². The second kappa shape index (κ2) is 9.36. The van der Waals surface area contributed by atoms with Crippen LogP contribution < -0.4 is 16.0 Å². The monoisotopic (exact) mass is 371 g/mol. The average molecular weight is 372 g/mol. The Hall–Kier alpha value is -1.88. The number of nitrogens with one attached hydrogen (secondary N) is 3. The van der Waals surface area contributed by atoms with E-state index in [-0.39, 0.29) is 23.9 Å². The van der Waals surface area contributed by atoms with Crippen molar-refractivity contribution >= 4 is 11.8 Å². The van der Waals surface area contributed by atoms with Crippen molar-refractivity contribution in [3.8, 4) is 0 Å². The Morgan fingerprint density at radius 2 is 1.81 bits per heavy atom. The molecule has 0 spiro atoms. The maximum Gasteiger partial charge on any atom is 0.242 e. The van der Waals surface area contributed by atoms with Crippen molar-refractivity contribution in [1.82, 2.24) is 16.0 Å². The first-order valence-electron chi connectivity index (χ1n) is 10.4. The smallest absolute Gasteiger partial charge is 0.242 e. The van der Waals surface area contributed by atoms with Crippen LogP contribution in [0.4, 0.5) is 0 Å². The molecule has 1 aromatic rings. The van der Waals surface area contributed by atoms with E-state index in [1.54, 1.807) is 0 Å². The summed E-state index contributed by atoms with van der Waals surface area (Å²) in [4.78, 5) is 25.7. The molecule has 2 aliphatic rings. The highest BCUT2D eigenvalue weighted by molar-refractivity contribution is 5.90. The van der Waals surface area contributed by atoms with Crippen LogP contribution in [0.15, 0.2) is 24.3 Å². The van der Waals surface area contributed by atoms with E-state index in [2.05, 4.69) is 41.9 Å². The molecule has 1 saturated carbocycles. The average Bonchev–Trinajstić information content (AvgIpc) is 2.67. The summed E-state index contributed by atoms with van der Waals surface area (Å²) < 4.78 is 0. The first-order valence-corrected chi connectivity index (χ1v) is 10.4. The molecule has 2 atom stereocenters. The molecule has 27 heavy (non-hydrogen) atoms. The number of hydrogen-bond acceptors (Lipinski definition) is 3. The lowest BCUT2D eigenvalue weighted by Gasteiger charge is -2.29. The van der Waals surface area contributed by atoms with Crippen LogP contribution in [0, 0.1) is 5.92 Å². The molecule has 5 nitrogen and oxygen atoms in total. The molecule has 2 amide bonds. The van der Waals surface area contributed by atoms with E-state index < -0.39 is 6.04 Å². The van der Waals surface area contributed by atoms with E-state index in [0.717, 1.165) is 12.8 Å². The second-order valence-electron chi connectivity index (χ2n) is 8.44. The van der Waals surface area contributed by atoms with E-state index in [1.165, 1.54) is 30.4 Å². The summed E-state index contributed by atoms with van der Waals surface area (Å²) in [5, 5.41) is 9.51. The van der Waals surface area contributed by atoms with Crippen molar-refractivity contribution in [1.29, 1.82) is 0 Å². The zero-order chi connectivity index (χ0) is 19.2. The van der Waals surface area contributed by atoms with Crippen molar-refractivity contribution in [2.75, 3.05) is 0 Å². The predicted molar refractivity (Wildman–Crippen MR) is 107 cm³/mol. The topological polar surface area (TPSA) is 70.2 Å². The summed E-state index contributed by atoms with van der Waals surface area (Å²) in [6, 6.07) is 7.73. The fourth-order valence-electron chi connectivity index (χ4n) is 4.16. The van der Waals surface area contributed by atoms with E-state index in [9.17, 15) is 9.59 Å². The molecule has 1 aliphatic heterocycles. The number of carbonyl (C=O) groups excluding carboxylic acids is 2. The van der Waals surface area contributed by atoms with Gasteiger partial charge in [0.2, 0.25) is 11.8 Å². The molecule has 1 aromatic carbocycles. The van der Waals surface area contributed by atoms with Crippen molar-refractivity contribution in [3.63, 3.8) is 0 Å². The number of rotatable bonds is 6. The summed E-state index contributed by atoms with van der Waals surface area (Å²) in [5.74, 6) is 0.238. The minimum Gasteiger partial charge on any atom is -0.352 e. The largest absolute Gasteiger partial charge is 0.352 e. The van der Waals surface area contributed by atoms with Crippen molar-refractivity contribution in [3.05, 3.63) is 35.4 Å². The number of carbonyl (C=O) groups is 2. The Balaban J connectivity index is 1.60. The summed E-state index contributed by atoms with van der Waals surface area (Å²) in [7, 11) is 0. The van der Waals surface area contributed by atoms with Crippen LogP contribution >= 0.6 is 0 Å². The highest BCUT2D eigenvalue weighted by atomic mass is 16.2. The minimum atomic E-state index is -0.460. The van der Waals surface area contributed by atoms with Gasteiger partial charge < -0.3 is 16.0 Å². The fourth-order valence-corrected chi connectivity index (χ4v) is 4.16. The Bertz CT molecular complexity index is 653. The molecular weight excluding hydrogens is 338 g/mol. The molecule has 0 saturated heterocycles. The number of fused-ring (bicyclic) bond motifs is 1. The summed E-state index contributed by atoms with van der Waals surface area (Å²) >= 11 is 0. The highest BCUT2D eigenvalue weighted by Gasteiger charge is 2.29. The minimum absolute atomic E-state index is 0.0276. The first kappa shape index (κ1) is 19.9. The van der Waals surface area contributed by atoms with Crippen LogP contribution in [0.5, 0.6) is 0 Å². The van der Waals surface area contributed by atoms with Gasteiger partial charge in [-0.3, -0.25) is 9.59 Å². The molecule has 5 heteroatoms. The maximum atomic E-state index is 12.8. The van der Waals surface area contributed by atoms with Gasteiger partial charge in [0.25, 0.3) is 0 Å². The molecule has 3 N–H and O–H groups in total. The maximum absolute atomic E-state index is 12.8. The van der Waals surface area contributed by atoms with Crippen molar-refractivity contribution < 1.29 is 9.59 Å². The fraction of sp³-hybridized carbons (Fsp3) is 0.636. The predicted octanol–water partition coefficient (Wildman–Crippen LogP) is 2.68. The van der Waals surface area contributed by atoms with Crippen LogP contribution in [-0.4, -0.2) is 29.9 Å². The molecule has 148 valence electrons. The van der Waals surface area contributed by atoms with Gasteiger partial charge in [0.1, 0.15) is 6.04 Å². The molecule has 0 bridgehead atoms. The van der Waals surface area contributed by atoms with E-state index >= 15 is 0 Å². The Morgan fingerprint density at radius 1 is 1.11 bits per heavy atom. The lowest BCUT2D eigenvalue weighted by molar-refractivity contribution is -0.131. The van der Waals surface area contributed by atoms with E-state index in [0.29, 0.717) is 25.3 Å². The van der Waals surface area contributed by atoms with Gasteiger partial charge in [-0.15, -0.1) is 0 Å². The number of benzene rings is 1. The quantitative estimate of drug-likeness (QED) is 0.720. The lowest BCUT2D eigenvalue weighted by Crippen LogP contribution is -2.55. The van der Waals surface area contributed by atoms with Crippen molar-refractivity contribution in [2.45, 2.75) is 83.5 Å². The first-order chi connectivity index (χ1) is 13.0. The standard InChI is InChI=1S/C22H33N3O2/c1-15(2)12-20(22(27)24-18-10-4-3-5-11-18)25-21(26)19-13-16-8-6-7-9-17(16)14-23-19/h6-9,15,18-20,23H,3-5,10-14H2,1-2H3,(H,24,27)(H,25,26). The van der Waals surface area contributed by atoms with Crippen molar-refractivity contribution in [2.24, 2.45) is 5.92 Å². The van der Waals surface area contributed by atoms with Gasteiger partial charge in [-0.2, -0.15) is 0 Å². The Labute approximate surface area is 162 Å². The molecule has 3 rings (SSSR count). The molecule has 1 heterocycles. The lowest BCUT2D eigenvalue weighted by atomic mass is 9.94. The Morgan fingerprint density at radius 3 is 2.52 bits per heavy atom. The third-order valence-corrected chi connectivity index (χ3v) is 5.69. The number of hydrogen-bond donors (Lipinski definition) is 3. The zero-order valence-corrected chi connectivity index (χ0v) is 16.6. The SMILES string of the molecule is CC(C)CC(NC(=O)C1Cc2ccccc2CN1)C(=O)NC1CCCCC1. The zero-order valence-electron chi connectivity index (χ0n) is 16.6. The molecule has 1 fully saturated rings. The normalized spacial score (nSPS) is 21.4. The molecule has 2 unspecified atom stereocenters. The van der Waals surface area contributed by atoms with Gasteiger partial charge in [0.05, 0.1) is 6.04 Å². The molecule has 0 radical (unpaired) electrons. The van der Waals surface area contributed by atoms with Crippen LogP contribution in [-0.2, 0) is 22.6 Å². The van der Waals surface area contributed by atoms with E-state index in [1.807, 2.05) is 12.1 Å². The van der Waals surface area contributed by atoms with Gasteiger partial charge in [0.15, 0.2) is 0 Å². The van der Waals surface area contributed by atoms with Crippen LogP contribution in [0.25, 0.3) is 0 Å². The third-order valence-electron chi connectivity index (χ3n) is 5.69. The Kier molecular flexibility index (Phi) is 6.89. The van der Waals surface area contributed by atoms with Gasteiger partial charge in [0, 0.05) is 12.6 Å².